The standard InChI is InChI=1S/C17H18N2O/c20-12-17(13-5-2-1-3-6-13)19-11-14-7-4-8-16-15(14)9-10-18-16/h1-10,17-20H,11-12H2/t17-/m0/s1. The Morgan fingerprint density at radius 3 is 2.65 bits per heavy atom. The normalized spacial score (nSPS) is 12.7. The first-order valence-corrected chi connectivity index (χ1v) is 6.82. The topological polar surface area (TPSA) is 48.0 Å². The molecule has 1 heterocycles. The van der Waals surface area contributed by atoms with E-state index in [-0.39, 0.29) is 12.6 Å². The van der Waals surface area contributed by atoms with Gasteiger partial charge in [0, 0.05) is 23.6 Å². The summed E-state index contributed by atoms with van der Waals surface area (Å²) in [6.45, 7) is 0.822. The molecule has 3 rings (SSSR count). The van der Waals surface area contributed by atoms with Crippen LogP contribution in [-0.4, -0.2) is 16.7 Å². The quantitative estimate of drug-likeness (QED) is 0.665. The Morgan fingerprint density at radius 2 is 1.85 bits per heavy atom. The van der Waals surface area contributed by atoms with E-state index in [1.807, 2.05) is 42.6 Å². The van der Waals surface area contributed by atoms with E-state index in [4.69, 9.17) is 0 Å². The molecule has 0 saturated heterocycles. The third-order valence-corrected chi connectivity index (χ3v) is 3.61. The van der Waals surface area contributed by atoms with Crippen LogP contribution in [0.4, 0.5) is 0 Å². The lowest BCUT2D eigenvalue weighted by atomic mass is 10.1. The van der Waals surface area contributed by atoms with Crippen molar-refractivity contribution in [2.45, 2.75) is 12.6 Å². The van der Waals surface area contributed by atoms with Crippen LogP contribution >= 0.6 is 0 Å². The summed E-state index contributed by atoms with van der Waals surface area (Å²) in [5, 5.41) is 14.2. The van der Waals surface area contributed by atoms with Crippen molar-refractivity contribution in [2.24, 2.45) is 0 Å². The predicted octanol–water partition coefficient (Wildman–Crippen LogP) is 2.99. The molecule has 102 valence electrons. The molecule has 0 amide bonds. The number of hydrogen-bond donors (Lipinski definition) is 3. The molecule has 0 spiro atoms. The molecule has 3 aromatic rings. The third kappa shape index (κ3) is 2.59. The van der Waals surface area contributed by atoms with E-state index in [9.17, 15) is 5.11 Å². The van der Waals surface area contributed by atoms with E-state index in [2.05, 4.69) is 28.5 Å². The highest BCUT2D eigenvalue weighted by Gasteiger charge is 2.10. The van der Waals surface area contributed by atoms with Gasteiger partial charge in [0.1, 0.15) is 0 Å². The number of aliphatic hydroxyl groups excluding tert-OH is 1. The van der Waals surface area contributed by atoms with Gasteiger partial charge in [-0.05, 0) is 23.3 Å². The average Bonchev–Trinajstić information content (AvgIpc) is 2.98. The summed E-state index contributed by atoms with van der Waals surface area (Å²) in [5.41, 5.74) is 3.49. The first-order valence-electron chi connectivity index (χ1n) is 6.82. The highest BCUT2D eigenvalue weighted by atomic mass is 16.3. The van der Waals surface area contributed by atoms with Crippen LogP contribution in [0.5, 0.6) is 0 Å². The van der Waals surface area contributed by atoms with Gasteiger partial charge in [-0.15, -0.1) is 0 Å². The first-order chi connectivity index (χ1) is 9.88. The zero-order valence-electron chi connectivity index (χ0n) is 11.2. The highest BCUT2D eigenvalue weighted by molar-refractivity contribution is 5.82. The van der Waals surface area contributed by atoms with Crippen LogP contribution in [0.1, 0.15) is 17.2 Å². The van der Waals surface area contributed by atoms with E-state index in [1.165, 1.54) is 10.9 Å². The molecule has 0 fully saturated rings. The molecule has 3 nitrogen and oxygen atoms in total. The number of aromatic nitrogens is 1. The summed E-state index contributed by atoms with van der Waals surface area (Å²) >= 11 is 0. The zero-order valence-corrected chi connectivity index (χ0v) is 11.2. The average molecular weight is 266 g/mol. The SMILES string of the molecule is OC[C@H](NCc1cccc2[nH]ccc12)c1ccccc1. The molecule has 1 atom stereocenters. The summed E-state index contributed by atoms with van der Waals surface area (Å²) in [5.74, 6) is 0. The molecular weight excluding hydrogens is 248 g/mol. The largest absolute Gasteiger partial charge is 0.394 e. The van der Waals surface area contributed by atoms with Crippen LogP contribution in [0.2, 0.25) is 0 Å². The molecule has 0 aliphatic rings. The fourth-order valence-electron chi connectivity index (χ4n) is 2.51. The molecule has 3 heteroatoms. The number of hydrogen-bond acceptors (Lipinski definition) is 2. The van der Waals surface area contributed by atoms with Crippen molar-refractivity contribution in [3.05, 3.63) is 71.9 Å². The van der Waals surface area contributed by atoms with Gasteiger partial charge < -0.3 is 15.4 Å². The van der Waals surface area contributed by atoms with Gasteiger partial charge in [-0.1, -0.05) is 42.5 Å². The van der Waals surface area contributed by atoms with Crippen LogP contribution < -0.4 is 5.32 Å². The molecule has 20 heavy (non-hydrogen) atoms. The Balaban J connectivity index is 1.77. The second kappa shape index (κ2) is 5.90. The molecule has 1 aromatic heterocycles. The number of nitrogens with one attached hydrogen (secondary N) is 2. The Morgan fingerprint density at radius 1 is 1.00 bits per heavy atom. The molecule has 0 bridgehead atoms. The number of H-pyrrole nitrogens is 1. The molecule has 0 radical (unpaired) electrons. The van der Waals surface area contributed by atoms with Gasteiger partial charge in [-0.2, -0.15) is 0 Å². The Hall–Kier alpha value is -2.10. The minimum Gasteiger partial charge on any atom is -0.394 e. The smallest absolute Gasteiger partial charge is 0.0626 e. The summed E-state index contributed by atoms with van der Waals surface area (Å²) in [6, 6.07) is 18.3. The number of benzene rings is 2. The highest BCUT2D eigenvalue weighted by Crippen LogP contribution is 2.19. The maximum Gasteiger partial charge on any atom is 0.0626 e. The van der Waals surface area contributed by atoms with E-state index in [1.54, 1.807) is 0 Å². The fourth-order valence-corrected chi connectivity index (χ4v) is 2.51. The molecular formula is C17H18N2O. The van der Waals surface area contributed by atoms with Crippen LogP contribution in [0.15, 0.2) is 60.8 Å². The molecule has 0 aliphatic heterocycles. The van der Waals surface area contributed by atoms with Gasteiger partial charge in [-0.3, -0.25) is 0 Å². The third-order valence-electron chi connectivity index (χ3n) is 3.61. The summed E-state index contributed by atoms with van der Waals surface area (Å²) in [4.78, 5) is 3.22. The summed E-state index contributed by atoms with van der Waals surface area (Å²) in [6.07, 6.45) is 1.95. The van der Waals surface area contributed by atoms with Gasteiger partial charge >= 0.3 is 0 Å². The van der Waals surface area contributed by atoms with E-state index in [0.29, 0.717) is 0 Å². The Kier molecular flexibility index (Phi) is 3.81. The van der Waals surface area contributed by atoms with Crippen molar-refractivity contribution in [1.82, 2.24) is 10.3 Å². The zero-order chi connectivity index (χ0) is 13.8. The van der Waals surface area contributed by atoms with Gasteiger partial charge in [0.05, 0.1) is 12.6 Å². The number of aliphatic hydroxyl groups is 1. The fraction of sp³-hybridized carbons (Fsp3) is 0.176. The van der Waals surface area contributed by atoms with Crippen LogP contribution in [0.25, 0.3) is 10.9 Å². The molecule has 0 aliphatic carbocycles. The van der Waals surface area contributed by atoms with Crippen LogP contribution in [0, 0.1) is 0 Å². The molecule has 0 unspecified atom stereocenters. The summed E-state index contributed by atoms with van der Waals surface area (Å²) in [7, 11) is 0. The second-order valence-electron chi connectivity index (χ2n) is 4.88. The van der Waals surface area contributed by atoms with Gasteiger partial charge in [0.25, 0.3) is 0 Å². The van der Waals surface area contributed by atoms with Crippen LogP contribution in [0.3, 0.4) is 0 Å². The monoisotopic (exact) mass is 266 g/mol. The van der Waals surface area contributed by atoms with Crippen molar-refractivity contribution in [1.29, 1.82) is 0 Å². The van der Waals surface area contributed by atoms with Gasteiger partial charge in [0.15, 0.2) is 0 Å². The van der Waals surface area contributed by atoms with Crippen LogP contribution in [-0.2, 0) is 6.54 Å². The Bertz CT molecular complexity index is 676. The van der Waals surface area contributed by atoms with Crippen molar-refractivity contribution in [3.63, 3.8) is 0 Å². The first kappa shape index (κ1) is 12.9. The maximum atomic E-state index is 9.56. The predicted molar refractivity (Wildman–Crippen MR) is 81.4 cm³/mol. The number of aromatic amines is 1. The number of fused-ring (bicyclic) bond motifs is 1. The van der Waals surface area contributed by atoms with Crippen molar-refractivity contribution in [2.75, 3.05) is 6.61 Å². The molecule has 3 N–H and O–H groups in total. The van der Waals surface area contributed by atoms with E-state index in [0.717, 1.165) is 17.6 Å². The van der Waals surface area contributed by atoms with Gasteiger partial charge in [0.2, 0.25) is 0 Å². The maximum absolute atomic E-state index is 9.56. The number of rotatable bonds is 5. The lowest BCUT2D eigenvalue weighted by Gasteiger charge is -2.17. The van der Waals surface area contributed by atoms with E-state index >= 15 is 0 Å². The van der Waals surface area contributed by atoms with E-state index < -0.39 is 0 Å². The minimum absolute atomic E-state index is 0.0367. The molecule has 0 saturated carbocycles. The molecule has 2 aromatic carbocycles. The summed E-state index contributed by atoms with van der Waals surface area (Å²) < 4.78 is 0. The van der Waals surface area contributed by atoms with Crippen molar-refractivity contribution in [3.8, 4) is 0 Å². The minimum atomic E-state index is -0.0367. The van der Waals surface area contributed by atoms with Crippen molar-refractivity contribution < 1.29 is 5.11 Å². The van der Waals surface area contributed by atoms with Crippen molar-refractivity contribution >= 4 is 10.9 Å². The van der Waals surface area contributed by atoms with Gasteiger partial charge in [-0.25, -0.2) is 0 Å². The Labute approximate surface area is 118 Å². The lowest BCUT2D eigenvalue weighted by molar-refractivity contribution is 0.244. The second-order valence-corrected chi connectivity index (χ2v) is 4.88. The lowest BCUT2D eigenvalue weighted by Crippen LogP contribution is -2.24.